The summed E-state index contributed by atoms with van der Waals surface area (Å²) in [6, 6.07) is 0. The minimum Gasteiger partial charge on any atom is -0.466 e. The first-order chi connectivity index (χ1) is 9.20. The summed E-state index contributed by atoms with van der Waals surface area (Å²) in [6.07, 6.45) is 3.85. The van der Waals surface area contributed by atoms with Crippen molar-refractivity contribution in [3.63, 3.8) is 0 Å². The van der Waals surface area contributed by atoms with Crippen molar-refractivity contribution in [2.24, 2.45) is 0 Å². The molecule has 19 heavy (non-hydrogen) atoms. The van der Waals surface area contributed by atoms with Crippen LogP contribution in [-0.2, 0) is 16.0 Å². The molecule has 0 unspecified atom stereocenters. The molecule has 0 amide bonds. The molecule has 0 bridgehead atoms. The van der Waals surface area contributed by atoms with Crippen molar-refractivity contribution in [2.45, 2.75) is 32.1 Å². The Morgan fingerprint density at radius 1 is 1.58 bits per heavy atom. The molecule has 2 heterocycles. The predicted molar refractivity (Wildman–Crippen MR) is 74.7 cm³/mol. The number of carbonyl (C=O) groups excluding carboxylic acids is 1. The Bertz CT molecular complexity index is 641. The number of hydrogen-bond acceptors (Lipinski definition) is 5. The Balaban J connectivity index is 1.99. The molecule has 2 aromatic rings. The molecule has 0 saturated carbocycles. The van der Waals surface area contributed by atoms with Gasteiger partial charge >= 0.3 is 5.97 Å². The van der Waals surface area contributed by atoms with Crippen molar-refractivity contribution in [1.82, 2.24) is 9.97 Å². The molecular weight excluding hydrogens is 284 g/mol. The molecule has 0 saturated heterocycles. The number of ether oxygens (including phenoxy) is 1. The van der Waals surface area contributed by atoms with E-state index in [1.807, 2.05) is 6.92 Å². The zero-order valence-electron chi connectivity index (χ0n) is 10.5. The third kappa shape index (κ3) is 2.21. The van der Waals surface area contributed by atoms with Crippen LogP contribution in [-0.4, -0.2) is 22.5 Å². The van der Waals surface area contributed by atoms with Gasteiger partial charge in [-0.1, -0.05) is 11.6 Å². The van der Waals surface area contributed by atoms with Gasteiger partial charge < -0.3 is 4.74 Å². The summed E-state index contributed by atoms with van der Waals surface area (Å²) in [5.41, 5.74) is 1.17. The van der Waals surface area contributed by atoms with Gasteiger partial charge in [0.2, 0.25) is 0 Å². The number of fused-ring (bicyclic) bond motifs is 3. The molecule has 1 atom stereocenters. The van der Waals surface area contributed by atoms with E-state index in [2.05, 4.69) is 9.97 Å². The van der Waals surface area contributed by atoms with Crippen LogP contribution in [0.2, 0.25) is 5.15 Å². The molecule has 0 aliphatic heterocycles. The van der Waals surface area contributed by atoms with Crippen LogP contribution in [0.15, 0.2) is 6.33 Å². The third-order valence-corrected chi connectivity index (χ3v) is 4.86. The van der Waals surface area contributed by atoms with Gasteiger partial charge in [-0.2, -0.15) is 0 Å². The Morgan fingerprint density at radius 3 is 3.21 bits per heavy atom. The molecule has 0 aromatic carbocycles. The summed E-state index contributed by atoms with van der Waals surface area (Å²) >= 11 is 7.84. The number of nitrogens with zero attached hydrogens (tertiary/aromatic N) is 2. The Morgan fingerprint density at radius 2 is 2.42 bits per heavy atom. The summed E-state index contributed by atoms with van der Waals surface area (Å²) in [7, 11) is 0. The van der Waals surface area contributed by atoms with Crippen LogP contribution in [0.3, 0.4) is 0 Å². The lowest BCUT2D eigenvalue weighted by atomic mass is 9.98. The second-order valence-corrected chi connectivity index (χ2v) is 5.97. The van der Waals surface area contributed by atoms with E-state index in [0.29, 0.717) is 18.2 Å². The smallest absolute Gasteiger partial charge is 0.306 e. The van der Waals surface area contributed by atoms with Gasteiger partial charge in [0.25, 0.3) is 0 Å². The van der Waals surface area contributed by atoms with Gasteiger partial charge in [-0.3, -0.25) is 4.79 Å². The highest BCUT2D eigenvalue weighted by molar-refractivity contribution is 7.19. The Kier molecular flexibility index (Phi) is 3.41. The van der Waals surface area contributed by atoms with E-state index >= 15 is 0 Å². The summed E-state index contributed by atoms with van der Waals surface area (Å²) < 4.78 is 5.04. The van der Waals surface area contributed by atoms with E-state index in [1.54, 1.807) is 11.3 Å². The van der Waals surface area contributed by atoms with Gasteiger partial charge in [0.1, 0.15) is 16.3 Å². The van der Waals surface area contributed by atoms with Crippen LogP contribution in [0.1, 0.15) is 36.1 Å². The van der Waals surface area contributed by atoms with E-state index < -0.39 is 0 Å². The molecule has 0 spiro atoms. The number of hydrogen-bond donors (Lipinski definition) is 0. The minimum atomic E-state index is -0.146. The van der Waals surface area contributed by atoms with Gasteiger partial charge in [-0.25, -0.2) is 9.97 Å². The van der Waals surface area contributed by atoms with Crippen molar-refractivity contribution >= 4 is 39.1 Å². The van der Waals surface area contributed by atoms with Gasteiger partial charge in [0.15, 0.2) is 0 Å². The molecule has 0 N–H and O–H groups in total. The van der Waals surface area contributed by atoms with Gasteiger partial charge in [-0.05, 0) is 31.2 Å². The SMILES string of the molecule is CCOC(=O)C[C@H]1CCc2sc3ncnc(Cl)c3c21. The average Bonchev–Trinajstić information content (AvgIpc) is 2.90. The lowest BCUT2D eigenvalue weighted by Crippen LogP contribution is -2.08. The summed E-state index contributed by atoms with van der Waals surface area (Å²) in [5.74, 6) is 0.0407. The number of carbonyl (C=O) groups is 1. The number of thiophene rings is 1. The highest BCUT2D eigenvalue weighted by Gasteiger charge is 2.31. The maximum atomic E-state index is 11.7. The zero-order chi connectivity index (χ0) is 13.4. The highest BCUT2D eigenvalue weighted by atomic mass is 35.5. The zero-order valence-corrected chi connectivity index (χ0v) is 12.1. The Labute approximate surface area is 119 Å². The number of rotatable bonds is 3. The van der Waals surface area contributed by atoms with Gasteiger partial charge in [0, 0.05) is 4.88 Å². The van der Waals surface area contributed by atoms with E-state index in [1.165, 1.54) is 16.8 Å². The quantitative estimate of drug-likeness (QED) is 0.644. The van der Waals surface area contributed by atoms with Crippen molar-refractivity contribution in [2.75, 3.05) is 6.61 Å². The molecule has 6 heteroatoms. The van der Waals surface area contributed by atoms with Gasteiger partial charge in [-0.15, -0.1) is 11.3 Å². The monoisotopic (exact) mass is 296 g/mol. The predicted octanol–water partition coefficient (Wildman–Crippen LogP) is 3.33. The maximum absolute atomic E-state index is 11.7. The molecule has 0 radical (unpaired) electrons. The fourth-order valence-corrected chi connectivity index (χ4v) is 4.19. The molecule has 4 nitrogen and oxygen atoms in total. The summed E-state index contributed by atoms with van der Waals surface area (Å²) in [4.78, 5) is 22.2. The van der Waals surface area contributed by atoms with E-state index in [4.69, 9.17) is 16.3 Å². The van der Waals surface area contributed by atoms with E-state index in [0.717, 1.165) is 23.1 Å². The van der Waals surface area contributed by atoms with Crippen LogP contribution in [0.5, 0.6) is 0 Å². The number of aromatic nitrogens is 2. The van der Waals surface area contributed by atoms with E-state index in [9.17, 15) is 4.79 Å². The lowest BCUT2D eigenvalue weighted by Gasteiger charge is -2.10. The second kappa shape index (κ2) is 5.06. The minimum absolute atomic E-state index is 0.146. The molecule has 100 valence electrons. The van der Waals surface area contributed by atoms with Crippen molar-refractivity contribution < 1.29 is 9.53 Å². The Hall–Kier alpha value is -1.20. The van der Waals surface area contributed by atoms with Crippen molar-refractivity contribution in [1.29, 1.82) is 0 Å². The summed E-state index contributed by atoms with van der Waals surface area (Å²) in [5, 5.41) is 1.41. The van der Waals surface area contributed by atoms with Crippen LogP contribution in [0, 0.1) is 0 Å². The molecule has 1 aliphatic carbocycles. The first-order valence-electron chi connectivity index (χ1n) is 6.28. The standard InChI is InChI=1S/C13H13ClN2O2S/c1-2-18-9(17)5-7-3-4-8-10(7)11-12(14)15-6-16-13(11)19-8/h6-7H,2-5H2,1H3/t7-/m1/s1. The molecule has 2 aromatic heterocycles. The number of halogens is 1. The molecule has 3 rings (SSSR count). The fraction of sp³-hybridized carbons (Fsp3) is 0.462. The largest absolute Gasteiger partial charge is 0.466 e. The molecule has 0 fully saturated rings. The molecule has 1 aliphatic rings. The van der Waals surface area contributed by atoms with Crippen LogP contribution in [0.4, 0.5) is 0 Å². The topological polar surface area (TPSA) is 52.1 Å². The average molecular weight is 297 g/mol. The van der Waals surface area contributed by atoms with Crippen LogP contribution >= 0.6 is 22.9 Å². The lowest BCUT2D eigenvalue weighted by molar-refractivity contribution is -0.143. The fourth-order valence-electron chi connectivity index (χ4n) is 2.66. The second-order valence-electron chi connectivity index (χ2n) is 4.53. The third-order valence-electron chi connectivity index (χ3n) is 3.40. The summed E-state index contributed by atoms with van der Waals surface area (Å²) in [6.45, 7) is 2.25. The maximum Gasteiger partial charge on any atom is 0.306 e. The first-order valence-corrected chi connectivity index (χ1v) is 7.47. The number of esters is 1. The van der Waals surface area contributed by atoms with Crippen LogP contribution in [0.25, 0.3) is 10.2 Å². The normalized spacial score (nSPS) is 17.7. The molecular formula is C13H13ClN2O2S. The van der Waals surface area contributed by atoms with Gasteiger partial charge in [0.05, 0.1) is 18.4 Å². The van der Waals surface area contributed by atoms with Crippen molar-refractivity contribution in [3.8, 4) is 0 Å². The van der Waals surface area contributed by atoms with E-state index in [-0.39, 0.29) is 11.9 Å². The first kappa shape index (κ1) is 12.8. The highest BCUT2D eigenvalue weighted by Crippen LogP contribution is 2.46. The van der Waals surface area contributed by atoms with Crippen LogP contribution < -0.4 is 0 Å². The van der Waals surface area contributed by atoms with Crippen molar-refractivity contribution in [3.05, 3.63) is 21.9 Å². The number of aryl methyl sites for hydroxylation is 1.